The first-order valence-corrected chi connectivity index (χ1v) is 24.8. The van der Waals surface area contributed by atoms with Gasteiger partial charge in [-0.05, 0) is 111 Å². The van der Waals surface area contributed by atoms with Crippen molar-refractivity contribution in [1.29, 1.82) is 0 Å². The number of aliphatic carboxylic acids is 1. The summed E-state index contributed by atoms with van der Waals surface area (Å²) in [6, 6.07) is 5.44. The molecule has 2 N–H and O–H groups in total. The summed E-state index contributed by atoms with van der Waals surface area (Å²) >= 11 is 0. The molecular weight excluding hydrogens is 857 g/mol. The van der Waals surface area contributed by atoms with Crippen LogP contribution >= 0.6 is 0 Å². The van der Waals surface area contributed by atoms with Gasteiger partial charge in [0.25, 0.3) is 0 Å². The van der Waals surface area contributed by atoms with Crippen molar-refractivity contribution in [2.75, 3.05) is 20.0 Å². The number of aliphatic hydroxyl groups is 1. The maximum absolute atomic E-state index is 15.3. The Hall–Kier alpha value is -3.42. The minimum atomic E-state index is -1.42. The Labute approximate surface area is 402 Å². The third kappa shape index (κ3) is 12.7. The molecular formula is C54H88O13. The summed E-state index contributed by atoms with van der Waals surface area (Å²) in [5.74, 6) is -2.02. The molecule has 0 aromatic heterocycles. The van der Waals surface area contributed by atoms with Crippen molar-refractivity contribution in [3.8, 4) is 11.5 Å². The fourth-order valence-corrected chi connectivity index (χ4v) is 10.8. The van der Waals surface area contributed by atoms with E-state index in [0.29, 0.717) is 24.3 Å². The van der Waals surface area contributed by atoms with Crippen LogP contribution in [0.25, 0.3) is 0 Å². The third-order valence-electron chi connectivity index (χ3n) is 16.3. The highest BCUT2D eigenvalue weighted by Gasteiger charge is 2.61. The van der Waals surface area contributed by atoms with Gasteiger partial charge in [-0.25, -0.2) is 0 Å². The van der Waals surface area contributed by atoms with E-state index in [2.05, 4.69) is 6.92 Å². The molecule has 13 heteroatoms. The molecule has 1 aromatic rings. The van der Waals surface area contributed by atoms with E-state index in [1.807, 2.05) is 110 Å². The van der Waals surface area contributed by atoms with Crippen LogP contribution in [0.15, 0.2) is 18.2 Å². The molecule has 3 aliphatic heterocycles. The predicted octanol–water partition coefficient (Wildman–Crippen LogP) is 10.9. The number of hydrogen-bond acceptors (Lipinski definition) is 12. The molecule has 13 nitrogen and oxygen atoms in total. The van der Waals surface area contributed by atoms with E-state index in [4.69, 9.17) is 33.2 Å². The number of hydrogen-bond donors (Lipinski definition) is 2. The number of benzene rings is 1. The SMILES string of the molecule is CCCCCCC(C)OC(=O)C(CC(C)(C)C(C)(CC(C)(C)C(C)(CC(C)(C)C)C(=O)O)C(=O)O[C@@H]1CO[C@H]2[C@@H]1OC[C@@H]2O)C(C)(C)CC(C)(C(=O)OCc1ccc2c(c1)OCO2)C(C)(C)C. The number of carbonyl (C=O) groups excluding carboxylic acids is 3. The summed E-state index contributed by atoms with van der Waals surface area (Å²) in [6.45, 7) is 33.5. The van der Waals surface area contributed by atoms with Gasteiger partial charge in [-0.1, -0.05) is 115 Å². The van der Waals surface area contributed by atoms with Gasteiger partial charge in [0.2, 0.25) is 6.79 Å². The van der Waals surface area contributed by atoms with Gasteiger partial charge in [0, 0.05) is 0 Å². The zero-order valence-corrected chi connectivity index (χ0v) is 44.3. The number of carboxylic acids is 1. The number of esters is 3. The Kier molecular flexibility index (Phi) is 17.5. The number of fused-ring (bicyclic) bond motifs is 2. The molecule has 0 spiro atoms. The molecule has 382 valence electrons. The second-order valence-corrected chi connectivity index (χ2v) is 25.1. The zero-order valence-electron chi connectivity index (χ0n) is 44.3. The van der Waals surface area contributed by atoms with E-state index in [9.17, 15) is 19.8 Å². The largest absolute Gasteiger partial charge is 0.481 e. The number of ether oxygens (including phenoxy) is 7. The van der Waals surface area contributed by atoms with Crippen molar-refractivity contribution in [2.24, 2.45) is 49.2 Å². The highest BCUT2D eigenvalue weighted by atomic mass is 16.7. The smallest absolute Gasteiger partial charge is 0.312 e. The Morgan fingerprint density at radius 3 is 1.96 bits per heavy atom. The molecule has 3 aliphatic rings. The fourth-order valence-electron chi connectivity index (χ4n) is 10.8. The van der Waals surface area contributed by atoms with E-state index in [1.54, 1.807) is 19.1 Å². The standard InChI is InChI=1S/C54H88O13/c1-18-19-20-21-22-34(2)66-43(56)36(49(9,10)31-53(16,48(6,7)8)45(59)63-27-35-23-24-38-39(25-35)65-33-64-38)26-50(11,12)54(17,32-51(13,14)52(15,44(57)58)30-47(3,4)5)46(60)67-40-29-62-41-37(55)28-61-42(40)41/h23-25,34,36-37,40-42,55H,18-22,26-33H2,1-17H3,(H,57,58)/t34?,36?,37-,40+,41+,42+,52?,53?,54?/m0/s1. The maximum Gasteiger partial charge on any atom is 0.312 e. The van der Waals surface area contributed by atoms with Crippen LogP contribution in [0.2, 0.25) is 0 Å². The molecule has 2 saturated heterocycles. The van der Waals surface area contributed by atoms with Crippen LogP contribution in [-0.2, 0) is 49.5 Å². The molecule has 0 saturated carbocycles. The minimum absolute atomic E-state index is 0.00792. The van der Waals surface area contributed by atoms with Gasteiger partial charge in [0.05, 0.1) is 41.5 Å². The molecule has 1 aromatic carbocycles. The summed E-state index contributed by atoms with van der Waals surface area (Å²) in [5, 5.41) is 21.5. The Morgan fingerprint density at radius 2 is 1.36 bits per heavy atom. The topological polar surface area (TPSA) is 173 Å². The fraction of sp³-hybridized carbons (Fsp3) is 0.815. The molecule has 2 fully saturated rings. The van der Waals surface area contributed by atoms with Crippen molar-refractivity contribution >= 4 is 23.9 Å². The maximum atomic E-state index is 15.3. The molecule has 0 bridgehead atoms. The lowest BCUT2D eigenvalue weighted by molar-refractivity contribution is -0.186. The van der Waals surface area contributed by atoms with Crippen LogP contribution in [0.5, 0.6) is 11.5 Å². The van der Waals surface area contributed by atoms with Crippen LogP contribution in [0.1, 0.15) is 181 Å². The van der Waals surface area contributed by atoms with Crippen molar-refractivity contribution in [1.82, 2.24) is 0 Å². The first kappa shape index (κ1) is 56.2. The number of aliphatic hydroxyl groups excluding tert-OH is 1. The Morgan fingerprint density at radius 1 is 0.731 bits per heavy atom. The summed E-state index contributed by atoms with van der Waals surface area (Å²) in [6.07, 6.45) is 2.20. The first-order chi connectivity index (χ1) is 30.6. The molecule has 0 aliphatic carbocycles. The van der Waals surface area contributed by atoms with Crippen LogP contribution in [0.4, 0.5) is 0 Å². The Balaban J connectivity index is 1.80. The average molecular weight is 945 g/mol. The van der Waals surface area contributed by atoms with Crippen molar-refractivity contribution < 1.29 is 62.5 Å². The van der Waals surface area contributed by atoms with E-state index < -0.39 is 92.1 Å². The zero-order chi connectivity index (χ0) is 50.8. The lowest BCUT2D eigenvalue weighted by atomic mass is 9.50. The second kappa shape index (κ2) is 20.9. The first-order valence-electron chi connectivity index (χ1n) is 24.8. The van der Waals surface area contributed by atoms with Gasteiger partial charge >= 0.3 is 23.9 Å². The molecule has 67 heavy (non-hydrogen) atoms. The summed E-state index contributed by atoms with van der Waals surface area (Å²) in [7, 11) is 0. The number of rotatable bonds is 23. The van der Waals surface area contributed by atoms with Gasteiger partial charge in [0.15, 0.2) is 17.6 Å². The molecule has 0 radical (unpaired) electrons. The Bertz CT molecular complexity index is 1890. The predicted molar refractivity (Wildman–Crippen MR) is 256 cm³/mol. The molecule has 5 unspecified atom stereocenters. The lowest BCUT2D eigenvalue weighted by Gasteiger charge is -2.53. The molecule has 3 heterocycles. The van der Waals surface area contributed by atoms with Gasteiger partial charge < -0.3 is 43.4 Å². The van der Waals surface area contributed by atoms with Crippen LogP contribution < -0.4 is 9.47 Å². The summed E-state index contributed by atoms with van der Waals surface area (Å²) in [5.41, 5.74) is -7.09. The number of carboxylic acid groups (broad SMARTS) is 1. The molecule has 0 amide bonds. The summed E-state index contributed by atoms with van der Waals surface area (Å²) in [4.78, 5) is 58.5. The number of unbranched alkanes of at least 4 members (excludes halogenated alkanes) is 3. The lowest BCUT2D eigenvalue weighted by Crippen LogP contribution is -2.54. The van der Waals surface area contributed by atoms with Gasteiger partial charge in [-0.3, -0.25) is 19.2 Å². The van der Waals surface area contributed by atoms with Crippen molar-refractivity contribution in [3.63, 3.8) is 0 Å². The molecule has 4 rings (SSSR count). The monoisotopic (exact) mass is 945 g/mol. The quantitative estimate of drug-likeness (QED) is 0.0603. The van der Waals surface area contributed by atoms with Crippen LogP contribution in [0.3, 0.4) is 0 Å². The van der Waals surface area contributed by atoms with Gasteiger partial charge in [-0.15, -0.1) is 0 Å². The van der Waals surface area contributed by atoms with E-state index >= 15 is 9.59 Å². The van der Waals surface area contributed by atoms with E-state index in [1.165, 1.54) is 0 Å². The second-order valence-electron chi connectivity index (χ2n) is 25.1. The van der Waals surface area contributed by atoms with E-state index in [0.717, 1.165) is 31.2 Å². The highest BCUT2D eigenvalue weighted by Crippen LogP contribution is 2.60. The van der Waals surface area contributed by atoms with Crippen LogP contribution in [0, 0.1) is 49.2 Å². The minimum Gasteiger partial charge on any atom is -0.481 e. The van der Waals surface area contributed by atoms with Crippen molar-refractivity contribution in [3.05, 3.63) is 23.8 Å². The van der Waals surface area contributed by atoms with Crippen molar-refractivity contribution in [2.45, 2.75) is 213 Å². The number of carbonyl (C=O) groups is 4. The van der Waals surface area contributed by atoms with Gasteiger partial charge in [-0.2, -0.15) is 0 Å². The molecule has 9 atom stereocenters. The van der Waals surface area contributed by atoms with E-state index in [-0.39, 0.29) is 57.4 Å². The van der Waals surface area contributed by atoms with Gasteiger partial charge in [0.1, 0.15) is 24.9 Å². The average Bonchev–Trinajstić information content (AvgIpc) is 3.94. The van der Waals surface area contributed by atoms with Crippen LogP contribution in [-0.4, -0.2) is 84.6 Å². The highest BCUT2D eigenvalue weighted by molar-refractivity contribution is 5.80. The normalized spacial score (nSPS) is 23.6. The third-order valence-corrected chi connectivity index (χ3v) is 16.3. The summed E-state index contributed by atoms with van der Waals surface area (Å²) < 4.78 is 41.7.